The van der Waals surface area contributed by atoms with Gasteiger partial charge in [0, 0.05) is 0 Å². The molecule has 21 heavy (non-hydrogen) atoms. The minimum atomic E-state index is -2.93. The predicted octanol–water partition coefficient (Wildman–Crippen LogP) is 3.93. The number of alkyl halides is 2. The molecule has 0 spiro atoms. The summed E-state index contributed by atoms with van der Waals surface area (Å²) in [6, 6.07) is 15.8. The summed E-state index contributed by atoms with van der Waals surface area (Å²) >= 11 is 0. The first-order valence-electron chi connectivity index (χ1n) is 6.30. The number of hydrogen-bond donors (Lipinski definition) is 0. The van der Waals surface area contributed by atoms with Crippen LogP contribution >= 0.6 is 0 Å². The molecule has 0 unspecified atom stereocenters. The Hall–Kier alpha value is -2.61. The van der Waals surface area contributed by atoms with Crippen LogP contribution in [0, 0.1) is 11.3 Å². The number of rotatable bonds is 6. The predicted molar refractivity (Wildman–Crippen MR) is 73.2 cm³/mol. The molecule has 3 nitrogen and oxygen atoms in total. The van der Waals surface area contributed by atoms with Gasteiger partial charge in [0.15, 0.2) is 11.5 Å². The van der Waals surface area contributed by atoms with Crippen LogP contribution in [0.2, 0.25) is 0 Å². The highest BCUT2D eigenvalue weighted by atomic mass is 19.3. The fourth-order valence-electron chi connectivity index (χ4n) is 1.80. The molecule has 0 radical (unpaired) electrons. The summed E-state index contributed by atoms with van der Waals surface area (Å²) in [5.41, 5.74) is 1.59. The van der Waals surface area contributed by atoms with E-state index in [0.717, 1.165) is 5.56 Å². The van der Waals surface area contributed by atoms with Crippen LogP contribution in [0.1, 0.15) is 11.1 Å². The second kappa shape index (κ2) is 7.25. The minimum Gasteiger partial charge on any atom is -0.485 e. The summed E-state index contributed by atoms with van der Waals surface area (Å²) < 4.78 is 34.7. The van der Waals surface area contributed by atoms with Crippen LogP contribution in [0.4, 0.5) is 8.78 Å². The van der Waals surface area contributed by atoms with Gasteiger partial charge in [-0.3, -0.25) is 0 Å². The Morgan fingerprint density at radius 2 is 1.76 bits per heavy atom. The molecule has 0 amide bonds. The zero-order valence-electron chi connectivity index (χ0n) is 11.1. The summed E-state index contributed by atoms with van der Waals surface area (Å²) in [5, 5.41) is 8.69. The maximum absolute atomic E-state index is 12.4. The van der Waals surface area contributed by atoms with Gasteiger partial charge < -0.3 is 9.47 Å². The van der Waals surface area contributed by atoms with Crippen LogP contribution in [0.15, 0.2) is 48.5 Å². The lowest BCUT2D eigenvalue weighted by Gasteiger charge is -2.13. The normalized spacial score (nSPS) is 10.2. The van der Waals surface area contributed by atoms with E-state index in [0.29, 0.717) is 5.56 Å². The van der Waals surface area contributed by atoms with Gasteiger partial charge in [-0.05, 0) is 23.3 Å². The molecule has 0 saturated carbocycles. The van der Waals surface area contributed by atoms with Gasteiger partial charge in [-0.1, -0.05) is 36.4 Å². The molecule has 0 heterocycles. The Bertz CT molecular complexity index is 624. The van der Waals surface area contributed by atoms with Crippen molar-refractivity contribution in [3.05, 3.63) is 59.7 Å². The van der Waals surface area contributed by atoms with E-state index in [-0.39, 0.29) is 24.5 Å². The lowest BCUT2D eigenvalue weighted by molar-refractivity contribution is -0.0516. The Morgan fingerprint density at radius 1 is 1.00 bits per heavy atom. The maximum atomic E-state index is 12.4. The highest BCUT2D eigenvalue weighted by Crippen LogP contribution is 2.30. The smallest absolute Gasteiger partial charge is 0.387 e. The van der Waals surface area contributed by atoms with E-state index in [1.165, 1.54) is 6.07 Å². The minimum absolute atomic E-state index is 0.0392. The van der Waals surface area contributed by atoms with Gasteiger partial charge in [0.2, 0.25) is 0 Å². The number of nitrogens with zero attached hydrogens (tertiary/aromatic N) is 1. The zero-order chi connectivity index (χ0) is 15.1. The first kappa shape index (κ1) is 14.8. The standard InChI is InChI=1S/C16H13F2NO2/c17-16(18)21-14-7-6-12(8-9-19)10-15(14)20-11-13-4-2-1-3-5-13/h1-7,10,16H,8,11H2. The maximum Gasteiger partial charge on any atom is 0.387 e. The summed E-state index contributed by atoms with van der Waals surface area (Å²) in [7, 11) is 0. The van der Waals surface area contributed by atoms with Crippen LogP contribution in [-0.4, -0.2) is 6.61 Å². The molecule has 0 saturated heterocycles. The van der Waals surface area contributed by atoms with Gasteiger partial charge in [0.1, 0.15) is 6.61 Å². The molecule has 5 heteroatoms. The molecule has 0 aliphatic carbocycles. The van der Waals surface area contributed by atoms with Crippen molar-refractivity contribution in [3.8, 4) is 17.6 Å². The molecule has 0 aromatic heterocycles. The summed E-state index contributed by atoms with van der Waals surface area (Å²) in [5.74, 6) is 0.162. The number of benzene rings is 2. The molecule has 108 valence electrons. The van der Waals surface area contributed by atoms with Crippen molar-refractivity contribution in [2.24, 2.45) is 0 Å². The lowest BCUT2D eigenvalue weighted by atomic mass is 10.1. The molecule has 0 aliphatic rings. The third-order valence-corrected chi connectivity index (χ3v) is 2.74. The van der Waals surface area contributed by atoms with Crippen molar-refractivity contribution in [2.75, 3.05) is 0 Å². The SMILES string of the molecule is N#CCc1ccc(OC(F)F)c(OCc2ccccc2)c1. The second-order valence-electron chi connectivity index (χ2n) is 4.27. The van der Waals surface area contributed by atoms with Gasteiger partial charge >= 0.3 is 6.61 Å². The van der Waals surface area contributed by atoms with E-state index < -0.39 is 6.61 Å². The van der Waals surface area contributed by atoms with E-state index in [2.05, 4.69) is 4.74 Å². The molecule has 2 aromatic carbocycles. The van der Waals surface area contributed by atoms with E-state index >= 15 is 0 Å². The van der Waals surface area contributed by atoms with Crippen LogP contribution in [0.3, 0.4) is 0 Å². The summed E-state index contributed by atoms with van der Waals surface area (Å²) in [4.78, 5) is 0. The molecular weight excluding hydrogens is 276 g/mol. The number of ether oxygens (including phenoxy) is 2. The molecule has 0 fully saturated rings. The Balaban J connectivity index is 2.17. The molecular formula is C16H13F2NO2. The highest BCUT2D eigenvalue weighted by Gasteiger charge is 2.12. The van der Waals surface area contributed by atoms with Crippen molar-refractivity contribution < 1.29 is 18.3 Å². The first-order chi connectivity index (χ1) is 10.2. The van der Waals surface area contributed by atoms with Crippen molar-refractivity contribution in [2.45, 2.75) is 19.6 Å². The Kier molecular flexibility index (Phi) is 5.10. The average Bonchev–Trinajstić information content (AvgIpc) is 2.48. The van der Waals surface area contributed by atoms with Crippen LogP contribution in [0.5, 0.6) is 11.5 Å². The van der Waals surface area contributed by atoms with Crippen LogP contribution in [-0.2, 0) is 13.0 Å². The van der Waals surface area contributed by atoms with Gasteiger partial charge in [-0.15, -0.1) is 0 Å². The van der Waals surface area contributed by atoms with Crippen molar-refractivity contribution in [1.29, 1.82) is 5.26 Å². The number of hydrogen-bond acceptors (Lipinski definition) is 3. The quantitative estimate of drug-likeness (QED) is 0.809. The van der Waals surface area contributed by atoms with Crippen molar-refractivity contribution >= 4 is 0 Å². The van der Waals surface area contributed by atoms with E-state index in [1.807, 2.05) is 36.4 Å². The van der Waals surface area contributed by atoms with E-state index in [1.54, 1.807) is 12.1 Å². The average molecular weight is 289 g/mol. The second-order valence-corrected chi connectivity index (χ2v) is 4.27. The molecule has 0 aliphatic heterocycles. The van der Waals surface area contributed by atoms with Gasteiger partial charge in [-0.25, -0.2) is 0 Å². The fourth-order valence-corrected chi connectivity index (χ4v) is 1.80. The Labute approximate surface area is 121 Å². The monoisotopic (exact) mass is 289 g/mol. The summed E-state index contributed by atoms with van der Waals surface area (Å²) in [6.07, 6.45) is 0.177. The molecule has 0 bridgehead atoms. The molecule has 2 aromatic rings. The van der Waals surface area contributed by atoms with Crippen LogP contribution in [0.25, 0.3) is 0 Å². The molecule has 2 rings (SSSR count). The third-order valence-electron chi connectivity index (χ3n) is 2.74. The van der Waals surface area contributed by atoms with Gasteiger partial charge in [0.25, 0.3) is 0 Å². The largest absolute Gasteiger partial charge is 0.485 e. The molecule has 0 N–H and O–H groups in total. The lowest BCUT2D eigenvalue weighted by Crippen LogP contribution is -2.05. The van der Waals surface area contributed by atoms with E-state index in [4.69, 9.17) is 10.00 Å². The van der Waals surface area contributed by atoms with Crippen LogP contribution < -0.4 is 9.47 Å². The Morgan fingerprint density at radius 3 is 2.43 bits per heavy atom. The van der Waals surface area contributed by atoms with E-state index in [9.17, 15) is 8.78 Å². The molecule has 0 atom stereocenters. The van der Waals surface area contributed by atoms with Crippen molar-refractivity contribution in [1.82, 2.24) is 0 Å². The topological polar surface area (TPSA) is 42.2 Å². The van der Waals surface area contributed by atoms with Crippen molar-refractivity contribution in [3.63, 3.8) is 0 Å². The number of nitriles is 1. The fraction of sp³-hybridized carbons (Fsp3) is 0.188. The zero-order valence-corrected chi connectivity index (χ0v) is 11.1. The van der Waals surface area contributed by atoms with Gasteiger partial charge in [0.05, 0.1) is 12.5 Å². The highest BCUT2D eigenvalue weighted by molar-refractivity contribution is 5.43. The number of halogens is 2. The van der Waals surface area contributed by atoms with Gasteiger partial charge in [-0.2, -0.15) is 14.0 Å². The summed E-state index contributed by atoms with van der Waals surface area (Å²) in [6.45, 7) is -2.69. The third kappa shape index (κ3) is 4.46. The first-order valence-corrected chi connectivity index (χ1v) is 6.30.